The van der Waals surface area contributed by atoms with E-state index >= 15 is 0 Å². The van der Waals surface area contributed by atoms with E-state index in [9.17, 15) is 13.2 Å². The Hall–Kier alpha value is -2.74. The van der Waals surface area contributed by atoms with Gasteiger partial charge in [-0.05, 0) is 49.7 Å². The minimum atomic E-state index is -4.01. The summed E-state index contributed by atoms with van der Waals surface area (Å²) in [7, 11) is -1.05. The molecule has 0 heterocycles. The van der Waals surface area contributed by atoms with Crippen molar-refractivity contribution < 1.29 is 22.7 Å². The summed E-state index contributed by atoms with van der Waals surface area (Å²) in [6.07, 6.45) is 0.742. The molecule has 0 saturated heterocycles. The molecule has 7 nitrogen and oxygen atoms in total. The van der Waals surface area contributed by atoms with Crippen LogP contribution < -0.4 is 19.1 Å². The lowest BCUT2D eigenvalue weighted by Crippen LogP contribution is -2.43. The molecule has 0 aliphatic carbocycles. The van der Waals surface area contributed by atoms with E-state index in [-0.39, 0.29) is 17.5 Å². The topological polar surface area (TPSA) is 84.9 Å². The summed E-state index contributed by atoms with van der Waals surface area (Å²) in [6, 6.07) is 12.6. The minimum absolute atomic E-state index is 0.0514. The number of benzene rings is 2. The second-order valence-electron chi connectivity index (χ2n) is 6.24. The van der Waals surface area contributed by atoms with E-state index in [4.69, 9.17) is 9.47 Å². The molecule has 0 saturated carbocycles. The summed E-state index contributed by atoms with van der Waals surface area (Å²) >= 11 is 0. The number of hydrogen-bond donors (Lipinski definition) is 1. The summed E-state index contributed by atoms with van der Waals surface area (Å²) in [5, 5.41) is 2.80. The van der Waals surface area contributed by atoms with E-state index < -0.39 is 15.9 Å². The van der Waals surface area contributed by atoms with Gasteiger partial charge in [-0.2, -0.15) is 0 Å². The number of carbonyl (C=O) groups excluding carboxylic acids is 1. The Morgan fingerprint density at radius 3 is 2.29 bits per heavy atom. The molecule has 2 aromatic rings. The van der Waals surface area contributed by atoms with E-state index in [2.05, 4.69) is 5.32 Å². The third-order valence-corrected chi connectivity index (χ3v) is 6.08. The largest absolute Gasteiger partial charge is 0.497 e. The lowest BCUT2D eigenvalue weighted by molar-refractivity contribution is -0.120. The molecule has 2 rings (SSSR count). The molecule has 0 bridgehead atoms. The van der Waals surface area contributed by atoms with Crippen LogP contribution in [0.3, 0.4) is 0 Å². The Kier molecular flexibility index (Phi) is 7.28. The predicted molar refractivity (Wildman–Crippen MR) is 108 cm³/mol. The summed E-state index contributed by atoms with van der Waals surface area (Å²) < 4.78 is 38.2. The molecule has 1 atom stereocenters. The van der Waals surface area contributed by atoms with Gasteiger partial charge in [-0.1, -0.05) is 19.1 Å². The smallest absolute Gasteiger partial charge is 0.264 e. The normalized spacial score (nSPS) is 12.1. The molecule has 28 heavy (non-hydrogen) atoms. The van der Waals surface area contributed by atoms with Crippen LogP contribution in [0.1, 0.15) is 20.3 Å². The number of anilines is 1. The molecular formula is C20H26N2O5S. The highest BCUT2D eigenvalue weighted by atomic mass is 32.2. The van der Waals surface area contributed by atoms with Crippen molar-refractivity contribution in [2.24, 2.45) is 0 Å². The first-order valence-corrected chi connectivity index (χ1v) is 10.4. The fourth-order valence-corrected chi connectivity index (χ4v) is 3.99. The SMILES string of the molecule is CCC(C)NC(=O)CN(c1ccccc1OC)S(=O)(=O)c1ccc(OC)cc1. The third-order valence-electron chi connectivity index (χ3n) is 4.31. The first-order chi connectivity index (χ1) is 13.3. The maximum atomic E-state index is 13.3. The van der Waals surface area contributed by atoms with E-state index in [0.29, 0.717) is 17.2 Å². The van der Waals surface area contributed by atoms with Gasteiger partial charge in [-0.15, -0.1) is 0 Å². The van der Waals surface area contributed by atoms with Crippen molar-refractivity contribution in [1.29, 1.82) is 0 Å². The summed E-state index contributed by atoms with van der Waals surface area (Å²) in [6.45, 7) is 3.44. The zero-order valence-corrected chi connectivity index (χ0v) is 17.3. The van der Waals surface area contributed by atoms with E-state index in [0.717, 1.165) is 10.7 Å². The first-order valence-electron chi connectivity index (χ1n) is 8.92. The number of hydrogen-bond acceptors (Lipinski definition) is 5. The van der Waals surface area contributed by atoms with E-state index in [1.165, 1.54) is 26.4 Å². The van der Waals surface area contributed by atoms with Crippen LogP contribution in [-0.2, 0) is 14.8 Å². The van der Waals surface area contributed by atoms with E-state index in [1.54, 1.807) is 36.4 Å². The standard InChI is InChI=1S/C20H26N2O5S/c1-5-15(2)21-20(23)14-22(18-8-6-7-9-19(18)27-4)28(24,25)17-12-10-16(26-3)11-13-17/h6-13,15H,5,14H2,1-4H3,(H,21,23). The van der Waals surface area contributed by atoms with Gasteiger partial charge in [0.15, 0.2) is 0 Å². The summed E-state index contributed by atoms with van der Waals surface area (Å²) in [4.78, 5) is 12.5. The Balaban J connectivity index is 2.48. The number of nitrogens with one attached hydrogen (secondary N) is 1. The molecule has 1 N–H and O–H groups in total. The molecule has 0 spiro atoms. The van der Waals surface area contributed by atoms with Gasteiger partial charge in [0, 0.05) is 6.04 Å². The molecule has 0 aliphatic rings. The number of nitrogens with zero attached hydrogens (tertiary/aromatic N) is 1. The zero-order valence-electron chi connectivity index (χ0n) is 16.5. The minimum Gasteiger partial charge on any atom is -0.497 e. The van der Waals surface area contributed by atoms with Gasteiger partial charge >= 0.3 is 0 Å². The maximum Gasteiger partial charge on any atom is 0.264 e. The number of carbonyl (C=O) groups is 1. The van der Waals surface area contributed by atoms with Gasteiger partial charge in [-0.3, -0.25) is 9.10 Å². The monoisotopic (exact) mass is 406 g/mol. The Morgan fingerprint density at radius 2 is 1.71 bits per heavy atom. The van der Waals surface area contributed by atoms with Gasteiger partial charge in [0.1, 0.15) is 18.0 Å². The fraction of sp³-hybridized carbons (Fsp3) is 0.350. The Bertz CT molecular complexity index is 897. The van der Waals surface area contributed by atoms with Crippen LogP contribution in [0.5, 0.6) is 11.5 Å². The first kappa shape index (κ1) is 21.6. The lowest BCUT2D eigenvalue weighted by atomic mass is 10.2. The van der Waals surface area contributed by atoms with Crippen LogP contribution in [0.2, 0.25) is 0 Å². The van der Waals surface area contributed by atoms with Crippen molar-refractivity contribution >= 4 is 21.6 Å². The average molecular weight is 407 g/mol. The van der Waals surface area contributed by atoms with Crippen LogP contribution in [0.4, 0.5) is 5.69 Å². The van der Waals surface area contributed by atoms with Crippen LogP contribution >= 0.6 is 0 Å². The number of sulfonamides is 1. The number of rotatable bonds is 9. The molecule has 2 aromatic carbocycles. The molecule has 0 fully saturated rings. The highest BCUT2D eigenvalue weighted by Crippen LogP contribution is 2.32. The molecule has 8 heteroatoms. The number of ether oxygens (including phenoxy) is 2. The van der Waals surface area contributed by atoms with Gasteiger partial charge in [0.05, 0.1) is 24.8 Å². The van der Waals surface area contributed by atoms with Crippen LogP contribution in [0.25, 0.3) is 0 Å². The molecular weight excluding hydrogens is 380 g/mol. The number of amides is 1. The molecule has 1 unspecified atom stereocenters. The molecule has 152 valence electrons. The summed E-state index contributed by atoms with van der Waals surface area (Å²) in [5.41, 5.74) is 0.292. The molecule has 0 aromatic heterocycles. The zero-order chi connectivity index (χ0) is 20.7. The van der Waals surface area contributed by atoms with Crippen LogP contribution in [0, 0.1) is 0 Å². The van der Waals surface area contributed by atoms with Crippen molar-refractivity contribution in [3.8, 4) is 11.5 Å². The molecule has 0 aliphatic heterocycles. The van der Waals surface area contributed by atoms with Crippen molar-refractivity contribution in [1.82, 2.24) is 5.32 Å². The van der Waals surface area contributed by atoms with Gasteiger partial charge in [0.25, 0.3) is 10.0 Å². The van der Waals surface area contributed by atoms with Crippen molar-refractivity contribution in [2.45, 2.75) is 31.2 Å². The second-order valence-corrected chi connectivity index (χ2v) is 8.10. The Labute approximate surface area is 166 Å². The average Bonchev–Trinajstić information content (AvgIpc) is 2.71. The highest BCUT2D eigenvalue weighted by Gasteiger charge is 2.29. The maximum absolute atomic E-state index is 13.3. The predicted octanol–water partition coefficient (Wildman–Crippen LogP) is 2.81. The quantitative estimate of drug-likeness (QED) is 0.692. The second kappa shape index (κ2) is 9.45. The van der Waals surface area contributed by atoms with Crippen molar-refractivity contribution in [3.63, 3.8) is 0 Å². The third kappa shape index (κ3) is 4.95. The van der Waals surface area contributed by atoms with E-state index in [1.807, 2.05) is 13.8 Å². The number of para-hydroxylation sites is 2. The Morgan fingerprint density at radius 1 is 1.07 bits per heavy atom. The van der Waals surface area contributed by atoms with Gasteiger partial charge < -0.3 is 14.8 Å². The molecule has 0 radical (unpaired) electrons. The lowest BCUT2D eigenvalue weighted by Gasteiger charge is -2.26. The van der Waals surface area contributed by atoms with Gasteiger partial charge in [0.2, 0.25) is 5.91 Å². The highest BCUT2D eigenvalue weighted by molar-refractivity contribution is 7.92. The number of methoxy groups -OCH3 is 2. The van der Waals surface area contributed by atoms with Crippen LogP contribution in [0.15, 0.2) is 53.4 Å². The van der Waals surface area contributed by atoms with Crippen molar-refractivity contribution in [3.05, 3.63) is 48.5 Å². The fourth-order valence-electron chi connectivity index (χ4n) is 2.56. The van der Waals surface area contributed by atoms with Crippen LogP contribution in [-0.4, -0.2) is 41.1 Å². The summed E-state index contributed by atoms with van der Waals surface area (Å²) in [5.74, 6) is 0.505. The van der Waals surface area contributed by atoms with Crippen molar-refractivity contribution in [2.75, 3.05) is 25.1 Å². The van der Waals surface area contributed by atoms with Gasteiger partial charge in [-0.25, -0.2) is 8.42 Å². The molecule has 1 amide bonds.